The molecule has 1 aliphatic heterocycles. The van der Waals surface area contributed by atoms with Crippen LogP contribution in [-0.4, -0.2) is 129 Å². The molecule has 4 rings (SSSR count). The molecule has 0 radical (unpaired) electrons. The van der Waals surface area contributed by atoms with Crippen molar-refractivity contribution in [2.75, 3.05) is 24.6 Å². The van der Waals surface area contributed by atoms with E-state index >= 15 is 0 Å². The van der Waals surface area contributed by atoms with Gasteiger partial charge < -0.3 is 58.8 Å². The van der Waals surface area contributed by atoms with Gasteiger partial charge in [0, 0.05) is 54.5 Å². The molecule has 19 nitrogen and oxygen atoms in total. The Kier molecular flexibility index (Phi) is 18.3. The Morgan fingerprint density at radius 3 is 2.10 bits per heavy atom. The summed E-state index contributed by atoms with van der Waals surface area (Å²) < 4.78 is 0. The lowest BCUT2D eigenvalue weighted by atomic mass is 10.0. The van der Waals surface area contributed by atoms with Crippen LogP contribution < -0.4 is 43.8 Å². The number of aromatic nitrogens is 1. The number of nitrogens with two attached hydrogens (primary N) is 3. The number of carbonyl (C=O) groups excluding carboxylic acids is 6. The third kappa shape index (κ3) is 13.9. The Balaban J connectivity index is 1.60. The fourth-order valence-electron chi connectivity index (χ4n) is 6.85. The Morgan fingerprint density at radius 2 is 1.44 bits per heavy atom. The van der Waals surface area contributed by atoms with Crippen LogP contribution in [0.3, 0.4) is 0 Å². The number of rotatable bonds is 22. The van der Waals surface area contributed by atoms with Crippen molar-refractivity contribution in [2.24, 2.45) is 22.2 Å². The van der Waals surface area contributed by atoms with Gasteiger partial charge in [-0.15, -0.1) is 0 Å². The Labute approximate surface area is 364 Å². The first kappa shape index (κ1) is 47.9. The number of hydrogen-bond acceptors (Lipinski definition) is 11. The first-order valence-corrected chi connectivity index (χ1v) is 21.1. The summed E-state index contributed by atoms with van der Waals surface area (Å²) in [6, 6.07) is 8.04. The van der Waals surface area contributed by atoms with Crippen LogP contribution >= 0.6 is 25.3 Å². The first-order valence-electron chi connectivity index (χ1n) is 19.8. The van der Waals surface area contributed by atoms with Gasteiger partial charge >= 0.3 is 5.97 Å². The molecule has 1 saturated heterocycles. The molecule has 3 aromatic rings. The fourth-order valence-corrected chi connectivity index (χ4v) is 7.26. The molecule has 330 valence electrons. The number of thiol groups is 2. The maximum Gasteiger partial charge on any atom is 0.327 e. The van der Waals surface area contributed by atoms with Crippen molar-refractivity contribution in [3.8, 4) is 0 Å². The first-order chi connectivity index (χ1) is 29.1. The third-order valence-electron chi connectivity index (χ3n) is 10.1. The second-order valence-corrected chi connectivity index (χ2v) is 15.4. The van der Waals surface area contributed by atoms with Crippen LogP contribution in [0, 0.1) is 0 Å². The van der Waals surface area contributed by atoms with Crippen molar-refractivity contribution in [1.29, 1.82) is 0 Å². The van der Waals surface area contributed by atoms with Gasteiger partial charge in [0.25, 0.3) is 0 Å². The van der Waals surface area contributed by atoms with Crippen molar-refractivity contribution in [3.05, 3.63) is 71.9 Å². The molecule has 2 aromatic carbocycles. The van der Waals surface area contributed by atoms with E-state index in [-0.39, 0.29) is 56.2 Å². The highest BCUT2D eigenvalue weighted by Crippen LogP contribution is 2.21. The minimum Gasteiger partial charge on any atom is -0.480 e. The van der Waals surface area contributed by atoms with Crippen LogP contribution in [0.25, 0.3) is 10.9 Å². The summed E-state index contributed by atoms with van der Waals surface area (Å²) in [7, 11) is 0. The van der Waals surface area contributed by atoms with E-state index in [9.17, 15) is 38.7 Å². The van der Waals surface area contributed by atoms with E-state index in [1.165, 1.54) is 11.8 Å². The molecule has 0 unspecified atom stereocenters. The largest absolute Gasteiger partial charge is 0.480 e. The molecule has 0 aliphatic carbocycles. The standard InChI is InChI=1S/C40H55N11O8S2/c1-22(46-33(52)26(41)20-60)38(57)51-16-8-14-32(51)37(56)49-29(17-23-9-3-2-4-10-23)35(54)47-28(13-7-15-44-40(42)43)34(53)48-30(36(55)50-31(21-61)39(58)59)18-24-19-45-27-12-6-5-11-25(24)27/h2-6,9-12,19,22,26,28-32,45,60-61H,7-8,13-18,20-21,41H2,1H3,(H,46,52)(H,47,54)(H,48,53)(H,49,56)(H,50,55)(H,58,59)(H4,42,43,44)/t22-,26+,28+,29-,30+,31+,32-/m1/s1. The van der Waals surface area contributed by atoms with Crippen LogP contribution in [0.15, 0.2) is 65.8 Å². The van der Waals surface area contributed by atoms with Crippen LogP contribution in [0.5, 0.6) is 0 Å². The van der Waals surface area contributed by atoms with Crippen molar-refractivity contribution in [2.45, 2.75) is 87.7 Å². The number of aliphatic imine (C=N–C) groups is 1. The number of carboxylic acid groups (broad SMARTS) is 1. The molecule has 61 heavy (non-hydrogen) atoms. The second kappa shape index (κ2) is 23.3. The number of aromatic amines is 1. The van der Waals surface area contributed by atoms with E-state index in [2.05, 4.69) is 61.8 Å². The van der Waals surface area contributed by atoms with Gasteiger partial charge in [-0.2, -0.15) is 25.3 Å². The van der Waals surface area contributed by atoms with Gasteiger partial charge in [-0.3, -0.25) is 33.8 Å². The number of H-pyrrole nitrogens is 1. The number of amides is 6. The molecule has 2 heterocycles. The summed E-state index contributed by atoms with van der Waals surface area (Å²) in [5.74, 6) is -5.66. The monoisotopic (exact) mass is 881 g/mol. The number of likely N-dealkylation sites (tertiary alicyclic amines) is 1. The van der Waals surface area contributed by atoms with Crippen LogP contribution in [0.2, 0.25) is 0 Å². The van der Waals surface area contributed by atoms with E-state index in [0.29, 0.717) is 24.0 Å². The smallest absolute Gasteiger partial charge is 0.327 e. The summed E-state index contributed by atoms with van der Waals surface area (Å²) in [4.78, 5) is 102. The maximum absolute atomic E-state index is 14.3. The molecule has 1 fully saturated rings. The van der Waals surface area contributed by atoms with Gasteiger partial charge in [0.1, 0.15) is 36.3 Å². The van der Waals surface area contributed by atoms with E-state index in [1.807, 2.05) is 24.3 Å². The number of aliphatic carboxylic acids is 1. The average molecular weight is 882 g/mol. The molecular formula is C40H55N11O8S2. The van der Waals surface area contributed by atoms with Gasteiger partial charge in [0.15, 0.2) is 5.96 Å². The molecule has 0 saturated carbocycles. The van der Waals surface area contributed by atoms with Gasteiger partial charge in [-0.25, -0.2) is 4.79 Å². The fraction of sp³-hybridized carbons (Fsp3) is 0.450. The van der Waals surface area contributed by atoms with Gasteiger partial charge in [0.2, 0.25) is 35.4 Å². The van der Waals surface area contributed by atoms with E-state index in [1.54, 1.807) is 36.5 Å². The van der Waals surface area contributed by atoms with Crippen molar-refractivity contribution in [1.82, 2.24) is 36.5 Å². The Hall–Kier alpha value is -5.80. The number of guanidine groups is 1. The van der Waals surface area contributed by atoms with E-state index < -0.39 is 83.7 Å². The highest BCUT2D eigenvalue weighted by molar-refractivity contribution is 7.80. The SMILES string of the molecule is C[C@@H](NC(=O)[C@@H](N)CS)C(=O)N1CCC[C@@H]1C(=O)N[C@H](Cc1ccccc1)C(=O)N[C@@H](CCCN=C(N)N)C(=O)N[C@@H](Cc1c[nH]c2ccccc12)C(=O)N[C@@H](CS)C(=O)O. The van der Waals surface area contributed by atoms with Crippen LogP contribution in [-0.2, 0) is 46.4 Å². The zero-order valence-electron chi connectivity index (χ0n) is 33.7. The highest BCUT2D eigenvalue weighted by Gasteiger charge is 2.39. The molecule has 0 bridgehead atoms. The van der Waals surface area contributed by atoms with Crippen molar-refractivity contribution in [3.63, 3.8) is 0 Å². The number of nitrogens with one attached hydrogen (secondary N) is 6. The Morgan fingerprint density at radius 1 is 0.820 bits per heavy atom. The second-order valence-electron chi connectivity index (χ2n) is 14.7. The van der Waals surface area contributed by atoms with Crippen LogP contribution in [0.4, 0.5) is 0 Å². The van der Waals surface area contributed by atoms with Crippen molar-refractivity contribution >= 4 is 83.5 Å². The predicted octanol–water partition coefficient (Wildman–Crippen LogP) is -1.29. The summed E-state index contributed by atoms with van der Waals surface area (Å²) in [5, 5.41) is 23.7. The molecule has 0 spiro atoms. The number of hydrogen-bond donors (Lipinski definition) is 12. The normalized spacial score (nSPS) is 16.5. The minimum absolute atomic E-state index is 0.00138. The molecule has 21 heteroatoms. The summed E-state index contributed by atoms with van der Waals surface area (Å²) in [6.07, 6.45) is 2.61. The summed E-state index contributed by atoms with van der Waals surface area (Å²) >= 11 is 8.08. The number of nitrogens with zero attached hydrogens (tertiary/aromatic N) is 2. The predicted molar refractivity (Wildman–Crippen MR) is 235 cm³/mol. The van der Waals surface area contributed by atoms with E-state index in [4.69, 9.17) is 17.2 Å². The molecule has 1 aliphatic rings. The lowest BCUT2D eigenvalue weighted by Gasteiger charge is -2.29. The zero-order valence-corrected chi connectivity index (χ0v) is 35.5. The molecule has 6 amide bonds. The van der Waals surface area contributed by atoms with Crippen LogP contribution in [0.1, 0.15) is 43.7 Å². The van der Waals surface area contributed by atoms with Crippen molar-refractivity contribution < 1.29 is 38.7 Å². The number of carboxylic acids is 1. The minimum atomic E-state index is -1.36. The number of carbonyl (C=O) groups is 7. The molecular weight excluding hydrogens is 827 g/mol. The number of fused-ring (bicyclic) bond motifs is 1. The third-order valence-corrected chi connectivity index (χ3v) is 10.9. The van der Waals surface area contributed by atoms with Gasteiger partial charge in [-0.05, 0) is 49.8 Å². The quantitative estimate of drug-likeness (QED) is 0.0244. The van der Waals surface area contributed by atoms with E-state index in [0.717, 1.165) is 10.9 Å². The zero-order chi connectivity index (χ0) is 44.6. The summed E-state index contributed by atoms with van der Waals surface area (Å²) in [5.41, 5.74) is 18.9. The summed E-state index contributed by atoms with van der Waals surface area (Å²) in [6.45, 7) is 1.82. The average Bonchev–Trinajstić information content (AvgIpc) is 3.90. The molecule has 13 N–H and O–H groups in total. The van der Waals surface area contributed by atoms with Gasteiger partial charge in [0.05, 0.1) is 6.04 Å². The highest BCUT2D eigenvalue weighted by atomic mass is 32.1. The molecule has 7 atom stereocenters. The lowest BCUT2D eigenvalue weighted by molar-refractivity contribution is -0.142. The topological polar surface area (TPSA) is 309 Å². The maximum atomic E-state index is 14.3. The lowest BCUT2D eigenvalue weighted by Crippen LogP contribution is -2.60. The number of benzene rings is 2. The van der Waals surface area contributed by atoms with Gasteiger partial charge in [-0.1, -0.05) is 48.5 Å². The Bertz CT molecular complexity index is 2050. The molecule has 1 aromatic heterocycles. The number of para-hydroxylation sites is 1.